The normalized spacial score (nSPS) is 14.0. The summed E-state index contributed by atoms with van der Waals surface area (Å²) >= 11 is 3.66. The van der Waals surface area contributed by atoms with E-state index in [0.29, 0.717) is 32.0 Å². The predicted molar refractivity (Wildman–Crippen MR) is 155 cm³/mol. The highest BCUT2D eigenvalue weighted by Gasteiger charge is 2.26. The molecule has 0 aliphatic carbocycles. The van der Waals surface area contributed by atoms with E-state index in [9.17, 15) is 4.79 Å². The van der Waals surface area contributed by atoms with Crippen LogP contribution in [0.4, 0.5) is 28.1 Å². The number of carbonyl (C=O) groups excluding carboxylic acids is 1. The van der Waals surface area contributed by atoms with Crippen LogP contribution in [-0.4, -0.2) is 57.7 Å². The number of benzene rings is 2. The number of amides is 1. The molecule has 1 amide bonds. The second-order valence-electron chi connectivity index (χ2n) is 10.1. The van der Waals surface area contributed by atoms with Crippen molar-refractivity contribution in [2.45, 2.75) is 26.4 Å². The Kier molecular flexibility index (Phi) is 7.07. The van der Waals surface area contributed by atoms with Crippen molar-refractivity contribution in [3.63, 3.8) is 0 Å². The average molecular weight is 576 g/mol. The number of piperazine rings is 1. The SMILES string of the molecule is CC(C)(C)OC(=O)N1CCN(c2cc(-c3ccc4nc(N)nc(N(Br)c5ccccc5)c4c3)ccn2)CC1. The maximum absolute atomic E-state index is 12.4. The van der Waals surface area contributed by atoms with Gasteiger partial charge in [0.05, 0.1) is 27.4 Å². The number of nitrogens with zero attached hydrogens (tertiary/aromatic N) is 6. The Hall–Kier alpha value is -3.92. The minimum Gasteiger partial charge on any atom is -0.444 e. The molecule has 0 spiro atoms. The number of ether oxygens (including phenoxy) is 1. The lowest BCUT2D eigenvalue weighted by molar-refractivity contribution is 0.0240. The highest BCUT2D eigenvalue weighted by Crippen LogP contribution is 2.35. The van der Waals surface area contributed by atoms with Gasteiger partial charge in [-0.2, -0.15) is 4.98 Å². The number of carbonyl (C=O) groups is 1. The van der Waals surface area contributed by atoms with E-state index < -0.39 is 5.60 Å². The highest BCUT2D eigenvalue weighted by atomic mass is 79.9. The number of pyridine rings is 1. The van der Waals surface area contributed by atoms with Crippen LogP contribution in [0.1, 0.15) is 20.8 Å². The van der Waals surface area contributed by atoms with Gasteiger partial charge >= 0.3 is 6.09 Å². The molecule has 1 aliphatic heterocycles. The van der Waals surface area contributed by atoms with Gasteiger partial charge in [-0.15, -0.1) is 0 Å². The Bertz CT molecular complexity index is 1450. The van der Waals surface area contributed by atoms with E-state index in [1.54, 1.807) is 4.90 Å². The summed E-state index contributed by atoms with van der Waals surface area (Å²) in [5.74, 6) is 1.73. The zero-order chi connectivity index (χ0) is 26.9. The van der Waals surface area contributed by atoms with Gasteiger partial charge in [0, 0.05) is 37.8 Å². The van der Waals surface area contributed by atoms with E-state index in [4.69, 9.17) is 10.5 Å². The molecule has 38 heavy (non-hydrogen) atoms. The number of nitrogen functional groups attached to an aromatic ring is 1. The van der Waals surface area contributed by atoms with Crippen LogP contribution >= 0.6 is 16.1 Å². The topological polar surface area (TPSA) is 101 Å². The number of anilines is 4. The Morgan fingerprint density at radius 1 is 0.974 bits per heavy atom. The van der Waals surface area contributed by atoms with Crippen LogP contribution < -0.4 is 14.6 Å². The Morgan fingerprint density at radius 3 is 2.39 bits per heavy atom. The number of hydrogen-bond acceptors (Lipinski definition) is 8. The van der Waals surface area contributed by atoms with Crippen molar-refractivity contribution in [3.05, 3.63) is 66.9 Å². The molecule has 0 unspecified atom stereocenters. The van der Waals surface area contributed by atoms with Crippen molar-refractivity contribution < 1.29 is 9.53 Å². The van der Waals surface area contributed by atoms with Crippen molar-refractivity contribution in [2.75, 3.05) is 40.7 Å². The van der Waals surface area contributed by atoms with E-state index in [1.165, 1.54) is 0 Å². The molecule has 5 rings (SSSR count). The fourth-order valence-corrected chi connectivity index (χ4v) is 4.86. The van der Waals surface area contributed by atoms with Crippen molar-refractivity contribution in [3.8, 4) is 11.1 Å². The van der Waals surface area contributed by atoms with Crippen LogP contribution in [0.5, 0.6) is 0 Å². The lowest BCUT2D eigenvalue weighted by atomic mass is 10.0. The molecule has 0 saturated carbocycles. The first-order valence-corrected chi connectivity index (χ1v) is 13.2. The molecule has 1 fully saturated rings. The summed E-state index contributed by atoms with van der Waals surface area (Å²) in [5.41, 5.74) is 9.24. The third-order valence-corrected chi connectivity index (χ3v) is 6.94. The standard InChI is InChI=1S/C28H30BrN7O2/c1-28(2,3)38-27(37)35-15-13-34(14-16-35)24-18-20(11-12-31-24)19-9-10-23-22(17-19)25(33-26(30)32-23)36(29)21-7-5-4-6-8-21/h4-12,17-18H,13-16H2,1-3H3,(H2,30,32,33). The molecule has 10 heteroatoms. The maximum atomic E-state index is 12.4. The molecular formula is C28H30BrN7O2. The van der Waals surface area contributed by atoms with E-state index in [1.807, 2.05) is 79.4 Å². The van der Waals surface area contributed by atoms with E-state index >= 15 is 0 Å². The molecule has 3 heterocycles. The number of nitrogens with two attached hydrogens (primary N) is 1. The lowest BCUT2D eigenvalue weighted by Gasteiger charge is -2.36. The first kappa shape index (κ1) is 25.7. The molecule has 9 nitrogen and oxygen atoms in total. The van der Waals surface area contributed by atoms with Crippen molar-refractivity contribution in [1.29, 1.82) is 0 Å². The smallest absolute Gasteiger partial charge is 0.410 e. The third-order valence-electron chi connectivity index (χ3n) is 6.20. The molecule has 1 aliphatic rings. The van der Waals surface area contributed by atoms with Crippen LogP contribution in [0.3, 0.4) is 0 Å². The van der Waals surface area contributed by atoms with Gasteiger partial charge in [-0.1, -0.05) is 24.3 Å². The summed E-state index contributed by atoms with van der Waals surface area (Å²) < 4.78 is 7.35. The van der Waals surface area contributed by atoms with E-state index in [2.05, 4.69) is 48.1 Å². The number of rotatable bonds is 4. The summed E-state index contributed by atoms with van der Waals surface area (Å²) in [6.07, 6.45) is 1.54. The lowest BCUT2D eigenvalue weighted by Crippen LogP contribution is -2.50. The number of halogens is 1. The van der Waals surface area contributed by atoms with Gasteiger partial charge in [0.2, 0.25) is 5.95 Å². The predicted octanol–water partition coefficient (Wildman–Crippen LogP) is 5.78. The Balaban J connectivity index is 1.40. The number of para-hydroxylation sites is 1. The van der Waals surface area contributed by atoms with Gasteiger partial charge in [-0.25, -0.2) is 14.8 Å². The van der Waals surface area contributed by atoms with Crippen LogP contribution in [0, 0.1) is 0 Å². The zero-order valence-corrected chi connectivity index (χ0v) is 23.2. The molecule has 1 saturated heterocycles. The second-order valence-corrected chi connectivity index (χ2v) is 10.8. The minimum atomic E-state index is -0.506. The van der Waals surface area contributed by atoms with Crippen molar-refractivity contribution in [2.24, 2.45) is 0 Å². The molecule has 0 radical (unpaired) electrons. The van der Waals surface area contributed by atoms with Crippen LogP contribution in [0.2, 0.25) is 0 Å². The van der Waals surface area contributed by atoms with Crippen LogP contribution in [-0.2, 0) is 4.74 Å². The maximum Gasteiger partial charge on any atom is 0.410 e. The molecule has 4 aromatic rings. The van der Waals surface area contributed by atoms with Crippen LogP contribution in [0.15, 0.2) is 66.9 Å². The first-order valence-electron chi connectivity index (χ1n) is 12.5. The van der Waals surface area contributed by atoms with Gasteiger partial charge in [-0.3, -0.25) is 3.93 Å². The Labute approximate surface area is 230 Å². The molecule has 2 aromatic heterocycles. The summed E-state index contributed by atoms with van der Waals surface area (Å²) in [6.45, 7) is 8.17. The van der Waals surface area contributed by atoms with Gasteiger partial charge in [0.1, 0.15) is 11.4 Å². The summed E-state index contributed by atoms with van der Waals surface area (Å²) in [4.78, 5) is 30.0. The van der Waals surface area contributed by atoms with Gasteiger partial charge in [-0.05, 0) is 68.3 Å². The first-order chi connectivity index (χ1) is 18.2. The van der Waals surface area contributed by atoms with Crippen LogP contribution in [0.25, 0.3) is 22.0 Å². The quantitative estimate of drug-likeness (QED) is 0.305. The zero-order valence-electron chi connectivity index (χ0n) is 21.6. The second kappa shape index (κ2) is 10.4. The average Bonchev–Trinajstić information content (AvgIpc) is 2.91. The minimum absolute atomic E-state index is 0.206. The number of aromatic nitrogens is 3. The molecule has 0 bridgehead atoms. The monoisotopic (exact) mass is 575 g/mol. The number of fused-ring (bicyclic) bond motifs is 1. The van der Waals surface area contributed by atoms with E-state index in [0.717, 1.165) is 33.5 Å². The molecular weight excluding hydrogens is 546 g/mol. The van der Waals surface area contributed by atoms with E-state index in [-0.39, 0.29) is 12.0 Å². The molecule has 2 N–H and O–H groups in total. The van der Waals surface area contributed by atoms with Gasteiger partial charge in [0.15, 0.2) is 5.82 Å². The van der Waals surface area contributed by atoms with Crippen molar-refractivity contribution in [1.82, 2.24) is 19.9 Å². The van der Waals surface area contributed by atoms with Gasteiger partial charge in [0.25, 0.3) is 0 Å². The Morgan fingerprint density at radius 2 is 1.68 bits per heavy atom. The number of hydrogen-bond donors (Lipinski definition) is 1. The molecule has 196 valence electrons. The summed E-state index contributed by atoms with van der Waals surface area (Å²) in [6, 6.07) is 20.0. The summed E-state index contributed by atoms with van der Waals surface area (Å²) in [5, 5.41) is 0.863. The molecule has 2 aromatic carbocycles. The fraction of sp³-hybridized carbons (Fsp3) is 0.286. The largest absolute Gasteiger partial charge is 0.444 e. The fourth-order valence-electron chi connectivity index (χ4n) is 4.36. The van der Waals surface area contributed by atoms with Gasteiger partial charge < -0.3 is 20.3 Å². The summed E-state index contributed by atoms with van der Waals surface area (Å²) in [7, 11) is 0. The third kappa shape index (κ3) is 5.65. The highest BCUT2D eigenvalue weighted by molar-refractivity contribution is 9.10. The van der Waals surface area contributed by atoms with Crippen molar-refractivity contribution >= 4 is 56.4 Å². The molecule has 0 atom stereocenters.